The Kier molecular flexibility index (Phi) is 7.18. The van der Waals surface area contributed by atoms with E-state index in [0.717, 1.165) is 12.5 Å². The molecule has 1 heterocycles. The number of carbonyl (C=O) groups excluding carboxylic acids is 1. The van der Waals surface area contributed by atoms with E-state index in [1.165, 1.54) is 18.2 Å². The lowest BCUT2D eigenvalue weighted by Crippen LogP contribution is -2.46. The van der Waals surface area contributed by atoms with Gasteiger partial charge in [-0.3, -0.25) is 9.79 Å². The summed E-state index contributed by atoms with van der Waals surface area (Å²) in [6.07, 6.45) is 0.798. The summed E-state index contributed by atoms with van der Waals surface area (Å²) < 4.78 is 38.2. The van der Waals surface area contributed by atoms with Crippen molar-refractivity contribution in [1.82, 2.24) is 15.5 Å². The van der Waals surface area contributed by atoms with Gasteiger partial charge in [0.05, 0.1) is 5.75 Å². The van der Waals surface area contributed by atoms with Crippen LogP contribution in [0.1, 0.15) is 20.3 Å². The van der Waals surface area contributed by atoms with E-state index in [1.54, 1.807) is 7.05 Å². The topological polar surface area (TPSA) is 90.9 Å². The normalized spacial score (nSPS) is 18.0. The highest BCUT2D eigenvalue weighted by Gasteiger charge is 2.28. The molecule has 1 amide bonds. The molecule has 1 unspecified atom stereocenters. The van der Waals surface area contributed by atoms with Gasteiger partial charge in [0.2, 0.25) is 5.91 Å². The lowest BCUT2D eigenvalue weighted by atomic mass is 10.2. The molecular weight excluding hydrogens is 371 g/mol. The summed E-state index contributed by atoms with van der Waals surface area (Å²) in [6.45, 7) is 5.12. The first kappa shape index (κ1) is 21.1. The van der Waals surface area contributed by atoms with Crippen LogP contribution in [0, 0.1) is 11.7 Å². The van der Waals surface area contributed by atoms with Gasteiger partial charge in [-0.25, -0.2) is 12.8 Å². The second-order valence-corrected chi connectivity index (χ2v) is 8.89. The Morgan fingerprint density at radius 1 is 1.37 bits per heavy atom. The predicted octanol–water partition coefficient (Wildman–Crippen LogP) is 1.02. The van der Waals surface area contributed by atoms with Gasteiger partial charge in [0.15, 0.2) is 15.8 Å². The minimum absolute atomic E-state index is 0.0372. The Morgan fingerprint density at radius 3 is 2.70 bits per heavy atom. The van der Waals surface area contributed by atoms with E-state index in [4.69, 9.17) is 0 Å². The molecule has 27 heavy (non-hydrogen) atoms. The number of sulfone groups is 1. The Labute approximate surface area is 160 Å². The van der Waals surface area contributed by atoms with Crippen molar-refractivity contribution in [1.29, 1.82) is 0 Å². The third-order valence-electron chi connectivity index (χ3n) is 4.39. The number of hydrogen-bond donors (Lipinski definition) is 2. The molecule has 150 valence electrons. The van der Waals surface area contributed by atoms with Crippen LogP contribution in [0.5, 0.6) is 0 Å². The molecule has 2 rings (SSSR count). The zero-order valence-electron chi connectivity index (χ0n) is 15.9. The average molecular weight is 399 g/mol. The van der Waals surface area contributed by atoms with Crippen LogP contribution in [-0.2, 0) is 14.6 Å². The summed E-state index contributed by atoms with van der Waals surface area (Å²) in [4.78, 5) is 17.7. The molecule has 0 bridgehead atoms. The van der Waals surface area contributed by atoms with Crippen LogP contribution in [0.2, 0.25) is 0 Å². The minimum Gasteiger partial charge on any atom is -0.355 e. The first-order valence-corrected chi connectivity index (χ1v) is 10.6. The first-order valence-electron chi connectivity index (χ1n) is 8.98. The number of rotatable bonds is 6. The molecule has 1 fully saturated rings. The average Bonchev–Trinajstić information content (AvgIpc) is 3.08. The zero-order valence-corrected chi connectivity index (χ0v) is 16.7. The molecule has 0 aromatic heterocycles. The second kappa shape index (κ2) is 9.16. The quantitative estimate of drug-likeness (QED) is 0.552. The SMILES string of the molecule is CN=C(NCCS(=O)(=O)c1ccccc1F)NC1CCN(C(=O)C(C)C)C1. The van der Waals surface area contributed by atoms with Gasteiger partial charge in [-0.1, -0.05) is 26.0 Å². The van der Waals surface area contributed by atoms with E-state index in [1.807, 2.05) is 18.7 Å². The molecule has 7 nitrogen and oxygen atoms in total. The summed E-state index contributed by atoms with van der Waals surface area (Å²) >= 11 is 0. The number of aliphatic imine (C=N–C) groups is 1. The molecule has 1 atom stereocenters. The number of benzene rings is 1. The largest absolute Gasteiger partial charge is 0.355 e. The lowest BCUT2D eigenvalue weighted by molar-refractivity contribution is -0.133. The van der Waals surface area contributed by atoms with Gasteiger partial charge < -0.3 is 15.5 Å². The minimum atomic E-state index is -3.72. The van der Waals surface area contributed by atoms with Gasteiger partial charge in [-0.15, -0.1) is 0 Å². The monoisotopic (exact) mass is 398 g/mol. The fourth-order valence-corrected chi connectivity index (χ4v) is 4.18. The van der Waals surface area contributed by atoms with Crippen LogP contribution < -0.4 is 10.6 Å². The Hall–Kier alpha value is -2.16. The van der Waals surface area contributed by atoms with E-state index >= 15 is 0 Å². The van der Waals surface area contributed by atoms with Crippen molar-refractivity contribution in [2.75, 3.05) is 32.4 Å². The van der Waals surface area contributed by atoms with Gasteiger partial charge in [0.1, 0.15) is 10.7 Å². The van der Waals surface area contributed by atoms with E-state index in [0.29, 0.717) is 19.0 Å². The molecule has 0 saturated carbocycles. The predicted molar refractivity (Wildman–Crippen MR) is 103 cm³/mol. The maximum absolute atomic E-state index is 13.7. The molecule has 1 aromatic rings. The van der Waals surface area contributed by atoms with Crippen LogP contribution in [0.4, 0.5) is 4.39 Å². The van der Waals surface area contributed by atoms with Crippen molar-refractivity contribution in [3.05, 3.63) is 30.1 Å². The van der Waals surface area contributed by atoms with Gasteiger partial charge in [-0.2, -0.15) is 0 Å². The second-order valence-electron chi connectivity index (χ2n) is 6.82. The molecule has 1 aliphatic rings. The smallest absolute Gasteiger partial charge is 0.225 e. The number of nitrogens with zero attached hydrogens (tertiary/aromatic N) is 2. The maximum atomic E-state index is 13.7. The molecule has 0 aliphatic carbocycles. The number of nitrogens with one attached hydrogen (secondary N) is 2. The lowest BCUT2D eigenvalue weighted by Gasteiger charge is -2.20. The van der Waals surface area contributed by atoms with E-state index in [9.17, 15) is 17.6 Å². The highest BCUT2D eigenvalue weighted by molar-refractivity contribution is 7.91. The number of amides is 1. The molecule has 9 heteroatoms. The van der Waals surface area contributed by atoms with Crippen molar-refractivity contribution in [3.8, 4) is 0 Å². The van der Waals surface area contributed by atoms with Crippen molar-refractivity contribution in [2.45, 2.75) is 31.2 Å². The van der Waals surface area contributed by atoms with Gasteiger partial charge in [0.25, 0.3) is 0 Å². The van der Waals surface area contributed by atoms with Crippen LogP contribution >= 0.6 is 0 Å². The summed E-state index contributed by atoms with van der Waals surface area (Å²) in [5.74, 6) is -0.455. The summed E-state index contributed by atoms with van der Waals surface area (Å²) in [7, 11) is -2.13. The Morgan fingerprint density at radius 2 is 2.07 bits per heavy atom. The van der Waals surface area contributed by atoms with Gasteiger partial charge in [-0.05, 0) is 18.6 Å². The summed E-state index contributed by atoms with van der Waals surface area (Å²) in [6, 6.07) is 5.39. The van der Waals surface area contributed by atoms with Gasteiger partial charge in [0, 0.05) is 38.6 Å². The van der Waals surface area contributed by atoms with Crippen molar-refractivity contribution in [3.63, 3.8) is 0 Å². The zero-order chi connectivity index (χ0) is 20.0. The van der Waals surface area contributed by atoms with Crippen molar-refractivity contribution in [2.24, 2.45) is 10.9 Å². The molecule has 1 aliphatic heterocycles. The third kappa shape index (κ3) is 5.66. The summed E-state index contributed by atoms with van der Waals surface area (Å²) in [5, 5.41) is 6.15. The molecular formula is C18H27FN4O3S. The van der Waals surface area contributed by atoms with Crippen LogP contribution in [0.25, 0.3) is 0 Å². The standard InChI is InChI=1S/C18H27FN4O3S/c1-13(2)17(24)23-10-8-14(12-23)22-18(20-3)21-9-11-27(25,26)16-7-5-4-6-15(16)19/h4-7,13-14H,8-12H2,1-3H3,(H2,20,21,22). The number of guanidine groups is 1. The van der Waals surface area contributed by atoms with Crippen LogP contribution in [-0.4, -0.2) is 63.7 Å². The van der Waals surface area contributed by atoms with Crippen molar-refractivity contribution < 1.29 is 17.6 Å². The van der Waals surface area contributed by atoms with E-state index < -0.39 is 15.7 Å². The number of halogens is 1. The first-order chi connectivity index (χ1) is 12.7. The number of likely N-dealkylation sites (tertiary alicyclic amines) is 1. The highest BCUT2D eigenvalue weighted by atomic mass is 32.2. The maximum Gasteiger partial charge on any atom is 0.225 e. The molecule has 2 N–H and O–H groups in total. The molecule has 0 radical (unpaired) electrons. The molecule has 1 aromatic carbocycles. The molecule has 1 saturated heterocycles. The fourth-order valence-electron chi connectivity index (χ4n) is 2.94. The van der Waals surface area contributed by atoms with E-state index in [-0.39, 0.29) is 35.1 Å². The fraction of sp³-hybridized carbons (Fsp3) is 0.556. The number of carbonyl (C=O) groups is 1. The van der Waals surface area contributed by atoms with E-state index in [2.05, 4.69) is 15.6 Å². The van der Waals surface area contributed by atoms with Crippen LogP contribution in [0.3, 0.4) is 0 Å². The number of hydrogen-bond acceptors (Lipinski definition) is 4. The Bertz CT molecular complexity index is 796. The summed E-state index contributed by atoms with van der Waals surface area (Å²) in [5.41, 5.74) is 0. The third-order valence-corrected chi connectivity index (χ3v) is 6.14. The highest BCUT2D eigenvalue weighted by Crippen LogP contribution is 2.15. The van der Waals surface area contributed by atoms with Gasteiger partial charge >= 0.3 is 0 Å². The molecule has 0 spiro atoms. The van der Waals surface area contributed by atoms with Crippen LogP contribution in [0.15, 0.2) is 34.2 Å². The van der Waals surface area contributed by atoms with Crippen molar-refractivity contribution >= 4 is 21.7 Å². The Balaban J connectivity index is 1.85.